The Morgan fingerprint density at radius 2 is 2.36 bits per heavy atom. The van der Waals surface area contributed by atoms with Crippen LogP contribution in [0.15, 0.2) is 12.2 Å². The number of carbonyl (C=O) groups is 1. The first-order valence-corrected chi connectivity index (χ1v) is 4.82. The van der Waals surface area contributed by atoms with Crippen LogP contribution in [0.4, 0.5) is 0 Å². The third kappa shape index (κ3) is 7.59. The zero-order valence-corrected chi connectivity index (χ0v) is 8.26. The van der Waals surface area contributed by atoms with Crippen LogP contribution in [0.5, 0.6) is 0 Å². The molecule has 0 atom stereocenters. The number of rotatable bonds is 5. The molecule has 0 N–H and O–H groups in total. The number of hydrogen-bond donors (Lipinski definition) is 0. The van der Waals surface area contributed by atoms with Crippen LogP contribution in [0.3, 0.4) is 0 Å². The average Bonchev–Trinajstić information content (AvgIpc) is 1.99. The molecule has 0 saturated heterocycles. The quantitative estimate of drug-likeness (QED) is 0.308. The third-order valence-corrected chi connectivity index (χ3v) is 1.61. The van der Waals surface area contributed by atoms with Crippen LogP contribution < -0.4 is 0 Å². The van der Waals surface area contributed by atoms with Gasteiger partial charge in [-0.1, -0.05) is 22.0 Å². The van der Waals surface area contributed by atoms with Crippen LogP contribution in [0, 0.1) is 0 Å². The molecule has 0 radical (unpaired) electrons. The fraction of sp³-hybridized carbons (Fsp3) is 0.625. The summed E-state index contributed by atoms with van der Waals surface area (Å²) >= 11 is 3.30. The van der Waals surface area contributed by atoms with Gasteiger partial charge in [-0.15, -0.1) is 0 Å². The molecular formula is C8H13BrO2. The highest BCUT2D eigenvalue weighted by Gasteiger charge is 1.90. The van der Waals surface area contributed by atoms with E-state index in [4.69, 9.17) is 0 Å². The Labute approximate surface area is 75.7 Å². The largest absolute Gasteiger partial charge is 0.463 e. The molecule has 0 fully saturated rings. The number of alkyl halides is 1. The van der Waals surface area contributed by atoms with Gasteiger partial charge in [0.15, 0.2) is 0 Å². The van der Waals surface area contributed by atoms with E-state index in [2.05, 4.69) is 20.7 Å². The molecule has 0 aliphatic carbocycles. The van der Waals surface area contributed by atoms with Crippen molar-refractivity contribution in [1.82, 2.24) is 0 Å². The molecule has 0 aliphatic heterocycles. The molecular weight excluding hydrogens is 208 g/mol. The fourth-order valence-electron chi connectivity index (χ4n) is 0.565. The fourth-order valence-corrected chi connectivity index (χ4v) is 0.889. The van der Waals surface area contributed by atoms with Gasteiger partial charge in [-0.25, -0.2) is 4.79 Å². The SMILES string of the molecule is CCOC(=O)C=CCCCBr. The first kappa shape index (κ1) is 10.7. The highest BCUT2D eigenvalue weighted by atomic mass is 79.9. The van der Waals surface area contributed by atoms with Gasteiger partial charge >= 0.3 is 5.97 Å². The normalized spacial score (nSPS) is 10.4. The number of halogens is 1. The molecule has 0 aromatic rings. The Balaban J connectivity index is 3.32. The average molecular weight is 221 g/mol. The monoisotopic (exact) mass is 220 g/mol. The van der Waals surface area contributed by atoms with Crippen LogP contribution in [0.25, 0.3) is 0 Å². The summed E-state index contributed by atoms with van der Waals surface area (Å²) in [6, 6.07) is 0. The highest BCUT2D eigenvalue weighted by molar-refractivity contribution is 9.09. The minimum atomic E-state index is -0.248. The van der Waals surface area contributed by atoms with Crippen LogP contribution >= 0.6 is 15.9 Å². The van der Waals surface area contributed by atoms with Crippen molar-refractivity contribution in [3.05, 3.63) is 12.2 Å². The maximum atomic E-state index is 10.7. The Morgan fingerprint density at radius 1 is 1.64 bits per heavy atom. The van der Waals surface area contributed by atoms with Crippen LogP contribution in [-0.4, -0.2) is 17.9 Å². The molecule has 0 aromatic heterocycles. The minimum absolute atomic E-state index is 0.248. The van der Waals surface area contributed by atoms with Gasteiger partial charge in [0, 0.05) is 11.4 Å². The van der Waals surface area contributed by atoms with Crippen molar-refractivity contribution in [3.63, 3.8) is 0 Å². The summed E-state index contributed by atoms with van der Waals surface area (Å²) < 4.78 is 4.68. The van der Waals surface area contributed by atoms with E-state index in [1.54, 1.807) is 6.92 Å². The van der Waals surface area contributed by atoms with E-state index in [0.717, 1.165) is 18.2 Å². The van der Waals surface area contributed by atoms with Crippen LogP contribution in [0.2, 0.25) is 0 Å². The molecule has 11 heavy (non-hydrogen) atoms. The zero-order chi connectivity index (χ0) is 8.53. The van der Waals surface area contributed by atoms with Crippen molar-refractivity contribution in [1.29, 1.82) is 0 Å². The molecule has 0 unspecified atom stereocenters. The molecule has 0 amide bonds. The van der Waals surface area contributed by atoms with Crippen molar-refractivity contribution in [2.75, 3.05) is 11.9 Å². The van der Waals surface area contributed by atoms with Gasteiger partial charge in [-0.05, 0) is 19.8 Å². The van der Waals surface area contributed by atoms with Crippen molar-refractivity contribution in [2.45, 2.75) is 19.8 Å². The lowest BCUT2D eigenvalue weighted by molar-refractivity contribution is -0.137. The highest BCUT2D eigenvalue weighted by Crippen LogP contribution is 1.95. The minimum Gasteiger partial charge on any atom is -0.463 e. The molecule has 0 bridgehead atoms. The zero-order valence-electron chi connectivity index (χ0n) is 6.68. The van der Waals surface area contributed by atoms with E-state index < -0.39 is 0 Å². The first-order chi connectivity index (χ1) is 5.31. The van der Waals surface area contributed by atoms with Crippen molar-refractivity contribution >= 4 is 21.9 Å². The molecule has 0 spiro atoms. The van der Waals surface area contributed by atoms with Gasteiger partial charge in [-0.2, -0.15) is 0 Å². The Bertz CT molecular complexity index is 132. The standard InChI is InChI=1S/C8H13BrO2/c1-2-11-8(10)6-4-3-5-7-9/h4,6H,2-3,5,7H2,1H3. The summed E-state index contributed by atoms with van der Waals surface area (Å²) in [5, 5.41) is 0.972. The van der Waals surface area contributed by atoms with E-state index in [1.165, 1.54) is 6.08 Å². The van der Waals surface area contributed by atoms with Gasteiger partial charge in [0.2, 0.25) is 0 Å². The van der Waals surface area contributed by atoms with Gasteiger partial charge in [0.1, 0.15) is 0 Å². The maximum absolute atomic E-state index is 10.7. The predicted molar refractivity (Wildman–Crippen MR) is 48.8 cm³/mol. The number of ether oxygens (including phenoxy) is 1. The van der Waals surface area contributed by atoms with Gasteiger partial charge in [0.25, 0.3) is 0 Å². The Kier molecular flexibility index (Phi) is 7.57. The number of allylic oxidation sites excluding steroid dienone is 1. The van der Waals surface area contributed by atoms with E-state index in [0.29, 0.717) is 6.61 Å². The second kappa shape index (κ2) is 7.79. The predicted octanol–water partition coefficient (Wildman–Crippen LogP) is 2.28. The Hall–Kier alpha value is -0.310. The van der Waals surface area contributed by atoms with E-state index in [9.17, 15) is 4.79 Å². The van der Waals surface area contributed by atoms with E-state index >= 15 is 0 Å². The molecule has 0 aliphatic rings. The molecule has 0 saturated carbocycles. The second-order valence-corrected chi connectivity index (χ2v) is 2.78. The molecule has 0 aromatic carbocycles. The summed E-state index contributed by atoms with van der Waals surface area (Å²) in [6.45, 7) is 2.24. The van der Waals surface area contributed by atoms with Gasteiger partial charge < -0.3 is 4.74 Å². The lowest BCUT2D eigenvalue weighted by atomic mass is 10.3. The maximum Gasteiger partial charge on any atom is 0.330 e. The third-order valence-electron chi connectivity index (χ3n) is 1.04. The second-order valence-electron chi connectivity index (χ2n) is 1.99. The summed E-state index contributed by atoms with van der Waals surface area (Å²) in [5.74, 6) is -0.248. The molecule has 64 valence electrons. The number of carbonyl (C=O) groups excluding carboxylic acids is 1. The number of hydrogen-bond acceptors (Lipinski definition) is 2. The van der Waals surface area contributed by atoms with Gasteiger partial charge in [0.05, 0.1) is 6.61 Å². The first-order valence-electron chi connectivity index (χ1n) is 3.70. The van der Waals surface area contributed by atoms with Crippen LogP contribution in [-0.2, 0) is 9.53 Å². The molecule has 0 heterocycles. The van der Waals surface area contributed by atoms with Crippen LogP contribution in [0.1, 0.15) is 19.8 Å². The van der Waals surface area contributed by atoms with Crippen molar-refractivity contribution in [3.8, 4) is 0 Å². The smallest absolute Gasteiger partial charge is 0.330 e. The van der Waals surface area contributed by atoms with Crippen molar-refractivity contribution < 1.29 is 9.53 Å². The summed E-state index contributed by atoms with van der Waals surface area (Å²) in [6.07, 6.45) is 5.28. The number of esters is 1. The molecule has 0 rings (SSSR count). The van der Waals surface area contributed by atoms with Crippen molar-refractivity contribution in [2.24, 2.45) is 0 Å². The van der Waals surface area contributed by atoms with Gasteiger partial charge in [-0.3, -0.25) is 0 Å². The lowest BCUT2D eigenvalue weighted by Crippen LogP contribution is -1.98. The molecule has 3 heteroatoms. The Morgan fingerprint density at radius 3 is 2.91 bits per heavy atom. The lowest BCUT2D eigenvalue weighted by Gasteiger charge is -1.93. The van der Waals surface area contributed by atoms with E-state index in [1.807, 2.05) is 6.08 Å². The van der Waals surface area contributed by atoms with E-state index in [-0.39, 0.29) is 5.97 Å². The topological polar surface area (TPSA) is 26.3 Å². The summed E-state index contributed by atoms with van der Waals surface area (Å²) in [4.78, 5) is 10.7. The summed E-state index contributed by atoms with van der Waals surface area (Å²) in [7, 11) is 0. The molecule has 2 nitrogen and oxygen atoms in total. The summed E-state index contributed by atoms with van der Waals surface area (Å²) in [5.41, 5.74) is 0. The number of unbranched alkanes of at least 4 members (excludes halogenated alkanes) is 1.